The number of hydrogen-bond acceptors (Lipinski definition) is 3. The van der Waals surface area contributed by atoms with Crippen molar-refractivity contribution >= 4 is 17.8 Å². The van der Waals surface area contributed by atoms with Crippen LogP contribution in [0.4, 0.5) is 4.79 Å². The fraction of sp³-hybridized carbons (Fsp3) is 0.917. The van der Waals surface area contributed by atoms with Crippen LogP contribution in [0.15, 0.2) is 0 Å². The quantitative estimate of drug-likeness (QED) is 0.821. The molecular weight excluding hydrogens is 236 g/mol. The monoisotopic (exact) mass is 260 g/mol. The Kier molecular flexibility index (Phi) is 5.59. The van der Waals surface area contributed by atoms with Gasteiger partial charge in [0, 0.05) is 31.5 Å². The summed E-state index contributed by atoms with van der Waals surface area (Å²) in [5, 5.41) is 2.96. The molecule has 1 aliphatic rings. The highest BCUT2D eigenvalue weighted by molar-refractivity contribution is 7.99. The summed E-state index contributed by atoms with van der Waals surface area (Å²) in [6, 6.07) is -0.0115. The van der Waals surface area contributed by atoms with Gasteiger partial charge in [0.1, 0.15) is 0 Å². The lowest BCUT2D eigenvalue weighted by atomic mass is 10.2. The van der Waals surface area contributed by atoms with Gasteiger partial charge in [0.2, 0.25) is 0 Å². The fourth-order valence-electron chi connectivity index (χ4n) is 1.67. The van der Waals surface area contributed by atoms with Crippen LogP contribution in [-0.4, -0.2) is 54.8 Å². The normalized spacial score (nSPS) is 20.4. The highest BCUT2D eigenvalue weighted by atomic mass is 32.2. The first kappa shape index (κ1) is 14.6. The molecule has 1 aliphatic heterocycles. The molecular formula is C12H24N2O2S. The van der Waals surface area contributed by atoms with E-state index in [2.05, 4.69) is 25.4 Å². The first-order valence-electron chi connectivity index (χ1n) is 6.10. The Morgan fingerprint density at radius 2 is 2.29 bits per heavy atom. The molecule has 0 radical (unpaired) electrons. The number of rotatable bonds is 5. The topological polar surface area (TPSA) is 41.6 Å². The number of ether oxygens (including phenoxy) is 1. The van der Waals surface area contributed by atoms with Gasteiger partial charge in [-0.15, -0.1) is 0 Å². The predicted octanol–water partition coefficient (Wildman–Crippen LogP) is 1.95. The zero-order valence-electron chi connectivity index (χ0n) is 11.3. The van der Waals surface area contributed by atoms with Crippen molar-refractivity contribution in [2.45, 2.75) is 37.5 Å². The second-order valence-electron chi connectivity index (χ2n) is 5.14. The van der Waals surface area contributed by atoms with Crippen molar-refractivity contribution in [2.24, 2.45) is 0 Å². The van der Waals surface area contributed by atoms with Gasteiger partial charge in [-0.25, -0.2) is 4.79 Å². The molecule has 1 N–H and O–H groups in total. The second-order valence-corrected chi connectivity index (χ2v) is 6.65. The van der Waals surface area contributed by atoms with Gasteiger partial charge < -0.3 is 15.0 Å². The minimum Gasteiger partial charge on any atom is -0.376 e. The van der Waals surface area contributed by atoms with Crippen molar-refractivity contribution < 1.29 is 9.53 Å². The fourth-order valence-corrected chi connectivity index (χ4v) is 1.89. The van der Waals surface area contributed by atoms with Crippen LogP contribution in [0.1, 0.15) is 26.7 Å². The van der Waals surface area contributed by atoms with Crippen molar-refractivity contribution in [3.05, 3.63) is 0 Å². The number of hydrogen-bond donors (Lipinski definition) is 1. The lowest BCUT2D eigenvalue weighted by Crippen LogP contribution is -2.45. The zero-order chi connectivity index (χ0) is 12.9. The van der Waals surface area contributed by atoms with Crippen molar-refractivity contribution in [3.8, 4) is 0 Å². The molecule has 1 saturated heterocycles. The summed E-state index contributed by atoms with van der Waals surface area (Å²) < 4.78 is 5.60. The summed E-state index contributed by atoms with van der Waals surface area (Å²) in [6.07, 6.45) is 4.45. The van der Waals surface area contributed by atoms with Crippen LogP contribution in [0.5, 0.6) is 0 Å². The van der Waals surface area contributed by atoms with Gasteiger partial charge in [-0.3, -0.25) is 0 Å². The lowest BCUT2D eigenvalue weighted by molar-refractivity contribution is 0.0874. The number of carbonyl (C=O) groups excluding carboxylic acids is 1. The first-order valence-corrected chi connectivity index (χ1v) is 7.33. The molecule has 2 amide bonds. The van der Waals surface area contributed by atoms with Crippen molar-refractivity contribution in [2.75, 3.05) is 33.0 Å². The third-order valence-electron chi connectivity index (χ3n) is 3.07. The van der Waals surface area contributed by atoms with E-state index < -0.39 is 0 Å². The Hall–Kier alpha value is -0.420. The van der Waals surface area contributed by atoms with Crippen LogP contribution in [0.3, 0.4) is 0 Å². The maximum atomic E-state index is 11.8. The Morgan fingerprint density at radius 1 is 1.59 bits per heavy atom. The Balaban J connectivity index is 2.26. The molecule has 0 spiro atoms. The molecule has 1 heterocycles. The van der Waals surface area contributed by atoms with Gasteiger partial charge in [0.25, 0.3) is 0 Å². The van der Waals surface area contributed by atoms with Gasteiger partial charge in [-0.05, 0) is 32.9 Å². The average Bonchev–Trinajstić information content (AvgIpc) is 2.78. The molecule has 0 aromatic rings. The maximum absolute atomic E-state index is 11.8. The summed E-state index contributed by atoms with van der Waals surface area (Å²) in [5.74, 6) is 0. The van der Waals surface area contributed by atoms with E-state index in [4.69, 9.17) is 4.74 Å². The van der Waals surface area contributed by atoms with Crippen LogP contribution in [0.2, 0.25) is 0 Å². The summed E-state index contributed by atoms with van der Waals surface area (Å²) in [7, 11) is 1.82. The van der Waals surface area contributed by atoms with Crippen molar-refractivity contribution in [1.82, 2.24) is 10.2 Å². The van der Waals surface area contributed by atoms with E-state index in [9.17, 15) is 4.79 Å². The van der Waals surface area contributed by atoms with E-state index in [0.29, 0.717) is 13.1 Å². The van der Waals surface area contributed by atoms with Gasteiger partial charge in [-0.2, -0.15) is 11.8 Å². The molecule has 100 valence electrons. The molecule has 1 unspecified atom stereocenters. The van der Waals surface area contributed by atoms with E-state index in [0.717, 1.165) is 19.4 Å². The number of nitrogens with one attached hydrogen (secondary N) is 1. The number of likely N-dealkylation sites (N-methyl/N-ethyl adjacent to an activating group) is 1. The molecule has 0 saturated carbocycles. The third-order valence-corrected chi connectivity index (χ3v) is 4.32. The molecule has 1 atom stereocenters. The number of carbonyl (C=O) groups is 1. The average molecular weight is 260 g/mol. The Bertz CT molecular complexity index is 253. The van der Waals surface area contributed by atoms with Crippen LogP contribution in [-0.2, 0) is 4.74 Å². The van der Waals surface area contributed by atoms with Crippen LogP contribution >= 0.6 is 11.8 Å². The molecule has 4 nitrogen and oxygen atoms in total. The lowest BCUT2D eigenvalue weighted by Gasteiger charge is -2.26. The first-order chi connectivity index (χ1) is 7.94. The molecule has 0 bridgehead atoms. The summed E-state index contributed by atoms with van der Waals surface area (Å²) >= 11 is 1.76. The molecule has 1 fully saturated rings. The van der Waals surface area contributed by atoms with Crippen molar-refractivity contribution in [1.29, 1.82) is 0 Å². The summed E-state index contributed by atoms with van der Waals surface area (Å²) in [6.45, 7) is 6.45. The van der Waals surface area contributed by atoms with Gasteiger partial charge in [0.15, 0.2) is 0 Å². The predicted molar refractivity (Wildman–Crippen MR) is 72.6 cm³/mol. The maximum Gasteiger partial charge on any atom is 0.317 e. The SMILES string of the molecule is CSC(C)(C)CNC(=O)N(C)CC1CCCO1. The van der Waals surface area contributed by atoms with E-state index in [1.54, 1.807) is 16.7 Å². The Labute approximate surface area is 108 Å². The Morgan fingerprint density at radius 3 is 2.82 bits per heavy atom. The van der Waals surface area contributed by atoms with Gasteiger partial charge in [0.05, 0.1) is 6.10 Å². The van der Waals surface area contributed by atoms with Crippen LogP contribution < -0.4 is 5.32 Å². The highest BCUT2D eigenvalue weighted by Crippen LogP contribution is 2.19. The number of thioether (sulfide) groups is 1. The minimum absolute atomic E-state index is 0.0115. The molecule has 17 heavy (non-hydrogen) atoms. The van der Waals surface area contributed by atoms with E-state index in [1.165, 1.54) is 0 Å². The smallest absolute Gasteiger partial charge is 0.317 e. The standard InChI is InChI=1S/C12H24N2O2S/c1-12(2,17-4)9-13-11(15)14(3)8-10-6-5-7-16-10/h10H,5-9H2,1-4H3,(H,13,15). The third kappa shape index (κ3) is 5.17. The highest BCUT2D eigenvalue weighted by Gasteiger charge is 2.22. The summed E-state index contributed by atoms with van der Waals surface area (Å²) in [5.41, 5.74) is 0. The van der Waals surface area contributed by atoms with Gasteiger partial charge >= 0.3 is 6.03 Å². The van der Waals surface area contributed by atoms with Crippen LogP contribution in [0, 0.1) is 0 Å². The second kappa shape index (κ2) is 6.50. The molecule has 1 rings (SSSR count). The van der Waals surface area contributed by atoms with E-state index in [1.807, 2.05) is 7.05 Å². The summed E-state index contributed by atoms with van der Waals surface area (Å²) in [4.78, 5) is 13.6. The zero-order valence-corrected chi connectivity index (χ0v) is 12.1. The molecule has 0 aromatic heterocycles. The number of nitrogens with zero attached hydrogens (tertiary/aromatic N) is 1. The number of urea groups is 1. The molecule has 0 aliphatic carbocycles. The largest absolute Gasteiger partial charge is 0.376 e. The van der Waals surface area contributed by atoms with Crippen LogP contribution in [0.25, 0.3) is 0 Å². The van der Waals surface area contributed by atoms with E-state index >= 15 is 0 Å². The minimum atomic E-state index is -0.0115. The van der Waals surface area contributed by atoms with Gasteiger partial charge in [-0.1, -0.05) is 0 Å². The van der Waals surface area contributed by atoms with Crippen molar-refractivity contribution in [3.63, 3.8) is 0 Å². The number of amides is 2. The molecule has 0 aromatic carbocycles. The van der Waals surface area contributed by atoms with E-state index in [-0.39, 0.29) is 16.9 Å². The molecule has 5 heteroatoms.